The fraction of sp³-hybridized carbons (Fsp3) is 0.312. The van der Waals surface area contributed by atoms with E-state index in [4.69, 9.17) is 0 Å². The molecule has 2 aromatic rings. The van der Waals surface area contributed by atoms with E-state index in [0.29, 0.717) is 0 Å². The molecule has 0 aliphatic rings. The summed E-state index contributed by atoms with van der Waals surface area (Å²) in [5.74, 6) is 0. The van der Waals surface area contributed by atoms with Gasteiger partial charge in [0.25, 0.3) is 0 Å². The zero-order valence-corrected chi connectivity index (χ0v) is 11.6. The van der Waals surface area contributed by atoms with Crippen molar-refractivity contribution in [3.63, 3.8) is 0 Å². The number of aryl methyl sites for hydroxylation is 1. The molecule has 0 saturated carbocycles. The first-order valence-electron chi connectivity index (χ1n) is 6.64. The molecule has 1 N–H and O–H groups in total. The molecule has 0 fully saturated rings. The first-order chi connectivity index (χ1) is 9.25. The van der Waals surface area contributed by atoms with Gasteiger partial charge in [-0.1, -0.05) is 23.8 Å². The minimum absolute atomic E-state index is 0.822. The van der Waals surface area contributed by atoms with Gasteiger partial charge in [-0.15, -0.1) is 0 Å². The van der Waals surface area contributed by atoms with Gasteiger partial charge in [0.2, 0.25) is 0 Å². The molecule has 3 heteroatoms. The van der Waals surface area contributed by atoms with Crippen LogP contribution >= 0.6 is 0 Å². The van der Waals surface area contributed by atoms with E-state index in [-0.39, 0.29) is 0 Å². The van der Waals surface area contributed by atoms with Crippen LogP contribution < -0.4 is 10.2 Å². The van der Waals surface area contributed by atoms with Crippen LogP contribution in [0.3, 0.4) is 0 Å². The molecule has 0 radical (unpaired) electrons. The second kappa shape index (κ2) is 6.90. The lowest BCUT2D eigenvalue weighted by Gasteiger charge is -2.19. The first kappa shape index (κ1) is 13.6. The Bertz CT molecular complexity index is 479. The molecule has 0 saturated heterocycles. The van der Waals surface area contributed by atoms with Crippen LogP contribution in [0, 0.1) is 6.92 Å². The van der Waals surface area contributed by atoms with Gasteiger partial charge in [0.15, 0.2) is 0 Å². The molecule has 0 bridgehead atoms. The Balaban J connectivity index is 1.72. The molecule has 1 heterocycles. The van der Waals surface area contributed by atoms with Crippen LogP contribution in [0.2, 0.25) is 0 Å². The third-order valence-corrected chi connectivity index (χ3v) is 3.13. The second-order valence-electron chi connectivity index (χ2n) is 4.75. The summed E-state index contributed by atoms with van der Waals surface area (Å²) in [6.45, 7) is 4.86. The predicted octanol–water partition coefficient (Wildman–Crippen LogP) is 2.62. The zero-order valence-electron chi connectivity index (χ0n) is 11.6. The Hall–Kier alpha value is -1.87. The van der Waals surface area contributed by atoms with E-state index in [2.05, 4.69) is 53.4 Å². The SMILES string of the molecule is Cc1ccc(N(C)CCNCc2ccccn2)cc1. The van der Waals surface area contributed by atoms with Gasteiger partial charge in [0.05, 0.1) is 5.69 Å². The third-order valence-electron chi connectivity index (χ3n) is 3.13. The van der Waals surface area contributed by atoms with Crippen molar-refractivity contribution in [2.24, 2.45) is 0 Å². The topological polar surface area (TPSA) is 28.2 Å². The minimum Gasteiger partial charge on any atom is -0.373 e. The monoisotopic (exact) mass is 255 g/mol. The highest BCUT2D eigenvalue weighted by Crippen LogP contribution is 2.12. The maximum Gasteiger partial charge on any atom is 0.0541 e. The first-order valence-corrected chi connectivity index (χ1v) is 6.64. The molecular formula is C16H21N3. The Morgan fingerprint density at radius 1 is 1.11 bits per heavy atom. The van der Waals surface area contributed by atoms with Crippen molar-refractivity contribution in [1.29, 1.82) is 0 Å². The van der Waals surface area contributed by atoms with Crippen LogP contribution in [-0.4, -0.2) is 25.1 Å². The van der Waals surface area contributed by atoms with E-state index < -0.39 is 0 Å². The Morgan fingerprint density at radius 2 is 1.89 bits per heavy atom. The van der Waals surface area contributed by atoms with Gasteiger partial charge >= 0.3 is 0 Å². The van der Waals surface area contributed by atoms with E-state index in [0.717, 1.165) is 25.3 Å². The van der Waals surface area contributed by atoms with Gasteiger partial charge in [0.1, 0.15) is 0 Å². The summed E-state index contributed by atoms with van der Waals surface area (Å²) in [6.07, 6.45) is 1.83. The van der Waals surface area contributed by atoms with Crippen molar-refractivity contribution in [2.75, 3.05) is 25.0 Å². The molecule has 2 rings (SSSR count). The summed E-state index contributed by atoms with van der Waals surface area (Å²) in [7, 11) is 2.12. The fourth-order valence-corrected chi connectivity index (χ4v) is 1.89. The van der Waals surface area contributed by atoms with Crippen LogP contribution in [0.1, 0.15) is 11.3 Å². The number of nitrogens with zero attached hydrogens (tertiary/aromatic N) is 2. The lowest BCUT2D eigenvalue weighted by atomic mass is 10.2. The van der Waals surface area contributed by atoms with Crippen LogP contribution in [0.4, 0.5) is 5.69 Å². The third kappa shape index (κ3) is 4.38. The molecular weight excluding hydrogens is 234 g/mol. The molecule has 0 aliphatic heterocycles. The lowest BCUT2D eigenvalue weighted by molar-refractivity contribution is 0.669. The summed E-state index contributed by atoms with van der Waals surface area (Å²) in [4.78, 5) is 6.54. The quantitative estimate of drug-likeness (QED) is 0.804. The number of rotatable bonds is 6. The van der Waals surface area contributed by atoms with E-state index in [1.54, 1.807) is 0 Å². The van der Waals surface area contributed by atoms with Crippen LogP contribution in [0.5, 0.6) is 0 Å². The zero-order chi connectivity index (χ0) is 13.5. The van der Waals surface area contributed by atoms with E-state index in [1.807, 2.05) is 24.4 Å². The molecule has 1 aromatic carbocycles. The average molecular weight is 255 g/mol. The second-order valence-corrected chi connectivity index (χ2v) is 4.75. The molecule has 1 aromatic heterocycles. The van der Waals surface area contributed by atoms with Crippen molar-refractivity contribution in [3.05, 3.63) is 59.9 Å². The summed E-state index contributed by atoms with van der Waals surface area (Å²) in [5.41, 5.74) is 3.64. The average Bonchev–Trinajstić information content (AvgIpc) is 2.45. The van der Waals surface area contributed by atoms with Crippen molar-refractivity contribution < 1.29 is 0 Å². The molecule has 0 aliphatic carbocycles. The summed E-state index contributed by atoms with van der Waals surface area (Å²) in [6, 6.07) is 14.6. The number of hydrogen-bond donors (Lipinski definition) is 1. The van der Waals surface area contributed by atoms with Gasteiger partial charge < -0.3 is 10.2 Å². The number of benzene rings is 1. The summed E-state index contributed by atoms with van der Waals surface area (Å²) in [5, 5.41) is 3.41. The highest BCUT2D eigenvalue weighted by atomic mass is 15.1. The number of nitrogens with one attached hydrogen (secondary N) is 1. The fourth-order valence-electron chi connectivity index (χ4n) is 1.89. The maximum atomic E-state index is 4.29. The molecule has 19 heavy (non-hydrogen) atoms. The molecule has 0 spiro atoms. The van der Waals surface area contributed by atoms with Gasteiger partial charge in [-0.05, 0) is 31.2 Å². The Labute approximate surface area is 115 Å². The molecule has 0 unspecified atom stereocenters. The van der Waals surface area contributed by atoms with E-state index >= 15 is 0 Å². The van der Waals surface area contributed by atoms with Gasteiger partial charge in [0, 0.05) is 38.6 Å². The smallest absolute Gasteiger partial charge is 0.0541 e. The van der Waals surface area contributed by atoms with Crippen molar-refractivity contribution >= 4 is 5.69 Å². The molecule has 3 nitrogen and oxygen atoms in total. The van der Waals surface area contributed by atoms with Crippen molar-refractivity contribution in [2.45, 2.75) is 13.5 Å². The Morgan fingerprint density at radius 3 is 2.58 bits per heavy atom. The van der Waals surface area contributed by atoms with Crippen LogP contribution in [0.15, 0.2) is 48.7 Å². The largest absolute Gasteiger partial charge is 0.373 e. The van der Waals surface area contributed by atoms with E-state index in [1.165, 1.54) is 11.3 Å². The van der Waals surface area contributed by atoms with Crippen LogP contribution in [0.25, 0.3) is 0 Å². The normalized spacial score (nSPS) is 10.4. The van der Waals surface area contributed by atoms with Gasteiger partial charge in [-0.2, -0.15) is 0 Å². The minimum atomic E-state index is 0.822. The molecule has 0 atom stereocenters. The standard InChI is InChI=1S/C16H21N3/c1-14-6-8-16(9-7-14)19(2)12-11-17-13-15-5-3-4-10-18-15/h3-10,17H,11-13H2,1-2H3. The lowest BCUT2D eigenvalue weighted by Crippen LogP contribution is -2.29. The number of anilines is 1. The van der Waals surface area contributed by atoms with Crippen molar-refractivity contribution in [3.8, 4) is 0 Å². The number of aromatic nitrogens is 1. The van der Waals surface area contributed by atoms with Gasteiger partial charge in [-0.3, -0.25) is 4.98 Å². The summed E-state index contributed by atoms with van der Waals surface area (Å²) < 4.78 is 0. The maximum absolute atomic E-state index is 4.29. The predicted molar refractivity (Wildman–Crippen MR) is 80.4 cm³/mol. The molecule has 100 valence electrons. The van der Waals surface area contributed by atoms with Gasteiger partial charge in [-0.25, -0.2) is 0 Å². The van der Waals surface area contributed by atoms with Crippen LogP contribution in [-0.2, 0) is 6.54 Å². The van der Waals surface area contributed by atoms with Crippen molar-refractivity contribution in [1.82, 2.24) is 10.3 Å². The van der Waals surface area contributed by atoms with E-state index in [9.17, 15) is 0 Å². The highest BCUT2D eigenvalue weighted by molar-refractivity contribution is 5.46. The molecule has 0 amide bonds. The number of likely N-dealkylation sites (N-methyl/N-ethyl adjacent to an activating group) is 1. The Kier molecular flexibility index (Phi) is 4.93. The number of pyridine rings is 1. The summed E-state index contributed by atoms with van der Waals surface area (Å²) >= 11 is 0. The highest BCUT2D eigenvalue weighted by Gasteiger charge is 1.99. The number of hydrogen-bond acceptors (Lipinski definition) is 3.